The Morgan fingerprint density at radius 3 is 2.75 bits per heavy atom. The Bertz CT molecular complexity index is 302. The maximum Gasteiger partial charge on any atom is 0.0441 e. The summed E-state index contributed by atoms with van der Waals surface area (Å²) in [6.07, 6.45) is 5.10. The third-order valence-electron chi connectivity index (χ3n) is 2.65. The lowest BCUT2D eigenvalue weighted by Crippen LogP contribution is -2.08. The molecule has 1 heterocycles. The number of aryl methyl sites for hydroxylation is 3. The van der Waals surface area contributed by atoms with Crippen LogP contribution in [-0.2, 0) is 12.8 Å². The molecule has 0 bridgehead atoms. The average molecular weight is 161 g/mol. The topological polar surface area (TPSA) is 12.9 Å². The van der Waals surface area contributed by atoms with Crippen molar-refractivity contribution in [2.24, 2.45) is 0 Å². The summed E-state index contributed by atoms with van der Waals surface area (Å²) in [5.41, 5.74) is 5.50. The highest BCUT2D eigenvalue weighted by atomic mass is 14.7. The summed E-state index contributed by atoms with van der Waals surface area (Å²) < 4.78 is 0. The van der Waals surface area contributed by atoms with Crippen LogP contribution in [0.1, 0.15) is 35.4 Å². The van der Waals surface area contributed by atoms with Gasteiger partial charge in [-0.1, -0.05) is 0 Å². The van der Waals surface area contributed by atoms with Crippen LogP contribution in [0.2, 0.25) is 0 Å². The minimum atomic E-state index is 1.17. The monoisotopic (exact) mass is 161 g/mol. The number of hydrogen-bond acceptors (Lipinski definition) is 1. The molecule has 0 saturated carbocycles. The molecule has 1 heteroatoms. The van der Waals surface area contributed by atoms with Crippen LogP contribution in [0.5, 0.6) is 0 Å². The quantitative estimate of drug-likeness (QED) is 0.570. The lowest BCUT2D eigenvalue weighted by Gasteiger charge is -2.17. The molecule has 12 heavy (non-hydrogen) atoms. The molecule has 1 nitrogen and oxygen atoms in total. The van der Waals surface area contributed by atoms with Gasteiger partial charge in [0.2, 0.25) is 0 Å². The Morgan fingerprint density at radius 2 is 1.92 bits per heavy atom. The zero-order valence-corrected chi connectivity index (χ0v) is 7.85. The van der Waals surface area contributed by atoms with E-state index in [0.29, 0.717) is 0 Å². The molecule has 0 radical (unpaired) electrons. The predicted octanol–water partition coefficient (Wildman–Crippen LogP) is 2.58. The molecule has 0 atom stereocenters. The predicted molar refractivity (Wildman–Crippen MR) is 50.4 cm³/mol. The van der Waals surface area contributed by atoms with E-state index >= 15 is 0 Å². The smallest absolute Gasteiger partial charge is 0.0441 e. The third-order valence-corrected chi connectivity index (χ3v) is 2.65. The lowest BCUT2D eigenvalue weighted by atomic mass is 9.92. The number of nitrogens with zero attached hydrogens (tertiary/aromatic N) is 1. The molecule has 0 amide bonds. The van der Waals surface area contributed by atoms with Crippen molar-refractivity contribution in [3.05, 3.63) is 28.6 Å². The Hall–Kier alpha value is -0.850. The molecule has 1 aliphatic rings. The number of hydrogen-bond donors (Lipinski definition) is 0. The molecular formula is C11H15N. The summed E-state index contributed by atoms with van der Waals surface area (Å²) in [6.45, 7) is 4.29. The van der Waals surface area contributed by atoms with Crippen LogP contribution in [0, 0.1) is 13.8 Å². The summed E-state index contributed by atoms with van der Waals surface area (Å²) in [6, 6.07) is 2.20. The maximum atomic E-state index is 4.57. The molecule has 0 aromatic carbocycles. The van der Waals surface area contributed by atoms with Crippen molar-refractivity contribution >= 4 is 0 Å². The number of pyridine rings is 1. The van der Waals surface area contributed by atoms with Gasteiger partial charge in [0.15, 0.2) is 0 Å². The van der Waals surface area contributed by atoms with E-state index in [-0.39, 0.29) is 0 Å². The number of fused-ring (bicyclic) bond motifs is 1. The van der Waals surface area contributed by atoms with Gasteiger partial charge < -0.3 is 0 Å². The number of rotatable bonds is 0. The van der Waals surface area contributed by atoms with E-state index in [0.717, 1.165) is 0 Å². The second kappa shape index (κ2) is 2.89. The highest BCUT2D eigenvalue weighted by Gasteiger charge is 2.12. The molecule has 2 rings (SSSR count). The van der Waals surface area contributed by atoms with Gasteiger partial charge in [-0.15, -0.1) is 0 Å². The third kappa shape index (κ3) is 1.24. The first-order valence-corrected chi connectivity index (χ1v) is 4.73. The second-order valence-electron chi connectivity index (χ2n) is 3.71. The minimum Gasteiger partial charge on any atom is -0.258 e. The summed E-state index contributed by atoms with van der Waals surface area (Å²) >= 11 is 0. The van der Waals surface area contributed by atoms with Crippen LogP contribution in [0.3, 0.4) is 0 Å². The van der Waals surface area contributed by atoms with Gasteiger partial charge in [0.05, 0.1) is 0 Å². The van der Waals surface area contributed by atoms with Crippen molar-refractivity contribution < 1.29 is 0 Å². The molecule has 0 aliphatic heterocycles. The standard InChI is InChI=1S/C11H15N/c1-8-7-9(2)12-11-6-4-3-5-10(8)11/h7H,3-6H2,1-2H3. The molecule has 0 unspecified atom stereocenters. The SMILES string of the molecule is Cc1cc(C)c2c(n1)CCCC2. The van der Waals surface area contributed by atoms with E-state index in [1.54, 1.807) is 0 Å². The van der Waals surface area contributed by atoms with Crippen molar-refractivity contribution in [3.8, 4) is 0 Å². The van der Waals surface area contributed by atoms with Gasteiger partial charge in [0.1, 0.15) is 0 Å². The summed E-state index contributed by atoms with van der Waals surface area (Å²) in [4.78, 5) is 4.57. The highest BCUT2D eigenvalue weighted by Crippen LogP contribution is 2.22. The Kier molecular flexibility index (Phi) is 1.87. The first-order chi connectivity index (χ1) is 5.77. The van der Waals surface area contributed by atoms with Gasteiger partial charge in [0, 0.05) is 11.4 Å². The second-order valence-corrected chi connectivity index (χ2v) is 3.71. The fourth-order valence-corrected chi connectivity index (χ4v) is 2.08. The van der Waals surface area contributed by atoms with Crippen molar-refractivity contribution in [1.29, 1.82) is 0 Å². The van der Waals surface area contributed by atoms with Gasteiger partial charge >= 0.3 is 0 Å². The highest BCUT2D eigenvalue weighted by molar-refractivity contribution is 5.33. The Morgan fingerprint density at radius 1 is 1.17 bits per heavy atom. The molecular weight excluding hydrogens is 146 g/mol. The molecule has 0 N–H and O–H groups in total. The van der Waals surface area contributed by atoms with Crippen LogP contribution < -0.4 is 0 Å². The van der Waals surface area contributed by atoms with Gasteiger partial charge in [-0.2, -0.15) is 0 Å². The maximum absolute atomic E-state index is 4.57. The molecule has 1 aromatic rings. The molecule has 1 aromatic heterocycles. The number of aromatic nitrogens is 1. The average Bonchev–Trinajstić information content (AvgIpc) is 2.04. The van der Waals surface area contributed by atoms with Crippen LogP contribution in [0.25, 0.3) is 0 Å². The van der Waals surface area contributed by atoms with E-state index in [2.05, 4.69) is 24.9 Å². The summed E-state index contributed by atoms with van der Waals surface area (Å²) in [7, 11) is 0. The fraction of sp³-hybridized carbons (Fsp3) is 0.545. The van der Waals surface area contributed by atoms with E-state index in [9.17, 15) is 0 Å². The van der Waals surface area contributed by atoms with Crippen molar-refractivity contribution in [1.82, 2.24) is 4.98 Å². The Balaban J connectivity index is 2.53. The lowest BCUT2D eigenvalue weighted by molar-refractivity contribution is 0.661. The van der Waals surface area contributed by atoms with E-state index in [4.69, 9.17) is 0 Å². The first kappa shape index (κ1) is 7.78. The molecule has 0 spiro atoms. The van der Waals surface area contributed by atoms with Crippen LogP contribution in [0.4, 0.5) is 0 Å². The molecule has 64 valence electrons. The van der Waals surface area contributed by atoms with Crippen LogP contribution >= 0.6 is 0 Å². The Labute approximate surface area is 73.8 Å². The van der Waals surface area contributed by atoms with E-state index < -0.39 is 0 Å². The minimum absolute atomic E-state index is 1.17. The zero-order valence-electron chi connectivity index (χ0n) is 7.85. The first-order valence-electron chi connectivity index (χ1n) is 4.73. The largest absolute Gasteiger partial charge is 0.258 e. The van der Waals surface area contributed by atoms with Crippen molar-refractivity contribution in [3.63, 3.8) is 0 Å². The van der Waals surface area contributed by atoms with E-state index in [1.165, 1.54) is 48.2 Å². The van der Waals surface area contributed by atoms with Gasteiger partial charge in [0.25, 0.3) is 0 Å². The molecule has 1 aliphatic carbocycles. The van der Waals surface area contributed by atoms with Gasteiger partial charge in [-0.25, -0.2) is 0 Å². The van der Waals surface area contributed by atoms with Crippen molar-refractivity contribution in [2.45, 2.75) is 39.5 Å². The zero-order chi connectivity index (χ0) is 8.55. The summed E-state index contributed by atoms with van der Waals surface area (Å²) in [5.74, 6) is 0. The molecule has 0 saturated heterocycles. The van der Waals surface area contributed by atoms with E-state index in [1.807, 2.05) is 0 Å². The van der Waals surface area contributed by atoms with Crippen LogP contribution in [0.15, 0.2) is 6.07 Å². The van der Waals surface area contributed by atoms with Crippen LogP contribution in [-0.4, -0.2) is 4.98 Å². The molecule has 0 fully saturated rings. The normalized spacial score (nSPS) is 15.8. The fourth-order valence-electron chi connectivity index (χ4n) is 2.08. The van der Waals surface area contributed by atoms with Crippen molar-refractivity contribution in [2.75, 3.05) is 0 Å². The van der Waals surface area contributed by atoms with Gasteiger partial charge in [-0.05, 0) is 56.7 Å². The van der Waals surface area contributed by atoms with Gasteiger partial charge in [-0.3, -0.25) is 4.98 Å². The summed E-state index contributed by atoms with van der Waals surface area (Å²) in [5, 5.41) is 0.